The number of aromatic amines is 1. The van der Waals surface area contributed by atoms with E-state index in [0.717, 1.165) is 9.99 Å². The molecule has 0 aliphatic carbocycles. The van der Waals surface area contributed by atoms with Crippen LogP contribution in [0.5, 0.6) is 0 Å². The zero-order valence-corrected chi connectivity index (χ0v) is 12.2. The Labute approximate surface area is 120 Å². The monoisotopic (exact) mass is 313 g/mol. The number of H-pyrrole nitrogens is 1. The van der Waals surface area contributed by atoms with Crippen LogP contribution in [0.4, 0.5) is 0 Å². The SMILES string of the molecule is C[n+]1ccc(/C=C/c2c[nH]c3ccc(Br)cc23)cc1. The number of benzene rings is 1. The van der Waals surface area contributed by atoms with Gasteiger partial charge >= 0.3 is 0 Å². The Morgan fingerprint density at radius 2 is 1.89 bits per heavy atom. The third-order valence-corrected chi connectivity index (χ3v) is 3.63. The summed E-state index contributed by atoms with van der Waals surface area (Å²) in [6, 6.07) is 10.5. The standard InChI is InChI=1S/C16H13BrN2/c1-19-8-6-12(7-9-19)2-3-13-11-18-16-5-4-14(17)10-15(13)16/h2-11H,1H3/p+1. The van der Waals surface area contributed by atoms with Gasteiger partial charge in [-0.3, -0.25) is 0 Å². The maximum Gasteiger partial charge on any atom is 0.169 e. The Morgan fingerprint density at radius 1 is 1.11 bits per heavy atom. The van der Waals surface area contributed by atoms with Crippen molar-refractivity contribution in [3.8, 4) is 0 Å². The van der Waals surface area contributed by atoms with Crippen LogP contribution in [0.15, 0.2) is 53.4 Å². The van der Waals surface area contributed by atoms with E-state index in [9.17, 15) is 0 Å². The molecular formula is C16H14BrN2+. The van der Waals surface area contributed by atoms with E-state index >= 15 is 0 Å². The Morgan fingerprint density at radius 3 is 2.68 bits per heavy atom. The molecule has 2 aromatic heterocycles. The molecular weight excluding hydrogens is 300 g/mol. The second-order valence-corrected chi connectivity index (χ2v) is 5.48. The molecule has 0 aliphatic heterocycles. The van der Waals surface area contributed by atoms with Crippen LogP contribution in [-0.2, 0) is 7.05 Å². The molecule has 0 unspecified atom stereocenters. The molecule has 0 saturated carbocycles. The Balaban J connectivity index is 1.96. The summed E-state index contributed by atoms with van der Waals surface area (Å²) >= 11 is 3.51. The minimum absolute atomic E-state index is 1.10. The molecule has 0 saturated heterocycles. The number of nitrogens with one attached hydrogen (secondary N) is 1. The normalized spacial score (nSPS) is 11.5. The first-order valence-electron chi connectivity index (χ1n) is 6.12. The summed E-state index contributed by atoms with van der Waals surface area (Å²) < 4.78 is 3.13. The summed E-state index contributed by atoms with van der Waals surface area (Å²) in [5.41, 5.74) is 3.55. The number of rotatable bonds is 2. The number of halogens is 1. The van der Waals surface area contributed by atoms with Gasteiger partial charge in [-0.2, -0.15) is 0 Å². The van der Waals surface area contributed by atoms with Crippen LogP contribution in [0.25, 0.3) is 23.1 Å². The number of aryl methyl sites for hydroxylation is 1. The highest BCUT2D eigenvalue weighted by Crippen LogP contribution is 2.24. The van der Waals surface area contributed by atoms with Crippen molar-refractivity contribution in [3.63, 3.8) is 0 Å². The van der Waals surface area contributed by atoms with Gasteiger partial charge in [0.2, 0.25) is 0 Å². The van der Waals surface area contributed by atoms with Gasteiger partial charge in [0.1, 0.15) is 7.05 Å². The van der Waals surface area contributed by atoms with E-state index in [4.69, 9.17) is 0 Å². The van der Waals surface area contributed by atoms with Crippen molar-refractivity contribution < 1.29 is 4.57 Å². The minimum Gasteiger partial charge on any atom is -0.361 e. The van der Waals surface area contributed by atoms with Gasteiger partial charge in [0.25, 0.3) is 0 Å². The largest absolute Gasteiger partial charge is 0.361 e. The third-order valence-electron chi connectivity index (χ3n) is 3.14. The van der Waals surface area contributed by atoms with E-state index in [1.165, 1.54) is 16.5 Å². The molecule has 19 heavy (non-hydrogen) atoms. The number of aromatic nitrogens is 2. The average Bonchev–Trinajstić information content (AvgIpc) is 2.80. The maximum atomic E-state index is 3.51. The van der Waals surface area contributed by atoms with Crippen molar-refractivity contribution in [3.05, 3.63) is 64.5 Å². The zero-order chi connectivity index (χ0) is 13.2. The van der Waals surface area contributed by atoms with Crippen LogP contribution in [0.2, 0.25) is 0 Å². The maximum absolute atomic E-state index is 3.51. The van der Waals surface area contributed by atoms with E-state index < -0.39 is 0 Å². The lowest BCUT2D eigenvalue weighted by atomic mass is 10.1. The van der Waals surface area contributed by atoms with E-state index in [2.05, 4.69) is 57.3 Å². The predicted molar refractivity (Wildman–Crippen MR) is 82.5 cm³/mol. The molecule has 94 valence electrons. The van der Waals surface area contributed by atoms with E-state index in [0.29, 0.717) is 0 Å². The van der Waals surface area contributed by atoms with Crippen molar-refractivity contribution in [2.75, 3.05) is 0 Å². The van der Waals surface area contributed by atoms with Gasteiger partial charge in [-0.1, -0.05) is 28.1 Å². The van der Waals surface area contributed by atoms with Crippen LogP contribution >= 0.6 is 15.9 Å². The summed E-state index contributed by atoms with van der Waals surface area (Å²) in [5, 5.41) is 1.23. The van der Waals surface area contributed by atoms with Crippen molar-refractivity contribution in [2.24, 2.45) is 7.05 Å². The van der Waals surface area contributed by atoms with E-state index in [1.54, 1.807) is 0 Å². The molecule has 0 atom stereocenters. The quantitative estimate of drug-likeness (QED) is 0.692. The minimum atomic E-state index is 1.10. The Hall–Kier alpha value is -1.87. The number of nitrogens with zero attached hydrogens (tertiary/aromatic N) is 1. The zero-order valence-electron chi connectivity index (χ0n) is 10.6. The summed E-state index contributed by atoms with van der Waals surface area (Å²) in [6.07, 6.45) is 10.4. The first-order chi connectivity index (χ1) is 9.22. The van der Waals surface area contributed by atoms with Crippen LogP contribution in [0, 0.1) is 0 Å². The molecule has 0 aliphatic rings. The van der Waals surface area contributed by atoms with Crippen LogP contribution in [0.1, 0.15) is 11.1 Å². The van der Waals surface area contributed by atoms with E-state index in [-0.39, 0.29) is 0 Å². The van der Waals surface area contributed by atoms with E-state index in [1.807, 2.05) is 36.3 Å². The molecule has 0 amide bonds. The fourth-order valence-electron chi connectivity index (χ4n) is 2.06. The van der Waals surface area contributed by atoms with Gasteiger partial charge in [0, 0.05) is 33.7 Å². The second kappa shape index (κ2) is 5.02. The molecule has 1 aromatic carbocycles. The summed E-state index contributed by atoms with van der Waals surface area (Å²) in [5.74, 6) is 0. The van der Waals surface area contributed by atoms with Crippen LogP contribution in [-0.4, -0.2) is 4.98 Å². The highest BCUT2D eigenvalue weighted by molar-refractivity contribution is 9.10. The number of fused-ring (bicyclic) bond motifs is 1. The molecule has 0 radical (unpaired) electrons. The number of pyridine rings is 1. The van der Waals surface area contributed by atoms with Gasteiger partial charge in [-0.15, -0.1) is 0 Å². The lowest BCUT2D eigenvalue weighted by Gasteiger charge is -1.94. The van der Waals surface area contributed by atoms with Crippen molar-refractivity contribution in [2.45, 2.75) is 0 Å². The van der Waals surface area contributed by atoms with Gasteiger partial charge < -0.3 is 4.98 Å². The second-order valence-electron chi connectivity index (χ2n) is 4.56. The van der Waals surface area contributed by atoms with Gasteiger partial charge in [0.05, 0.1) is 0 Å². The molecule has 0 bridgehead atoms. The summed E-state index contributed by atoms with van der Waals surface area (Å²) in [6.45, 7) is 0. The van der Waals surface area contributed by atoms with Gasteiger partial charge in [-0.05, 0) is 29.3 Å². The fourth-order valence-corrected chi connectivity index (χ4v) is 2.42. The molecule has 0 spiro atoms. The molecule has 1 N–H and O–H groups in total. The highest BCUT2D eigenvalue weighted by atomic mass is 79.9. The first kappa shape index (κ1) is 12.2. The molecule has 3 aromatic rings. The topological polar surface area (TPSA) is 19.7 Å². The molecule has 2 heterocycles. The number of hydrogen-bond acceptors (Lipinski definition) is 0. The lowest BCUT2D eigenvalue weighted by molar-refractivity contribution is -0.671. The van der Waals surface area contributed by atoms with Crippen molar-refractivity contribution in [1.29, 1.82) is 0 Å². The Kier molecular flexibility index (Phi) is 3.22. The van der Waals surface area contributed by atoms with Gasteiger partial charge in [-0.25, -0.2) is 4.57 Å². The van der Waals surface area contributed by atoms with Gasteiger partial charge in [0.15, 0.2) is 12.4 Å². The smallest absolute Gasteiger partial charge is 0.169 e. The molecule has 2 nitrogen and oxygen atoms in total. The lowest BCUT2D eigenvalue weighted by Crippen LogP contribution is -2.25. The Bertz CT molecular complexity index is 739. The number of hydrogen-bond donors (Lipinski definition) is 1. The highest BCUT2D eigenvalue weighted by Gasteiger charge is 2.01. The van der Waals surface area contributed by atoms with Crippen molar-refractivity contribution in [1.82, 2.24) is 4.98 Å². The predicted octanol–water partition coefficient (Wildman–Crippen LogP) is 3.93. The molecule has 0 fully saturated rings. The van der Waals surface area contributed by atoms with Crippen LogP contribution < -0.4 is 4.57 Å². The third kappa shape index (κ3) is 2.61. The first-order valence-corrected chi connectivity index (χ1v) is 6.92. The summed E-state index contributed by atoms with van der Waals surface area (Å²) in [7, 11) is 2.02. The van der Waals surface area contributed by atoms with Crippen molar-refractivity contribution >= 4 is 39.0 Å². The molecule has 3 heteroatoms. The molecule has 3 rings (SSSR count). The van der Waals surface area contributed by atoms with Crippen LogP contribution in [0.3, 0.4) is 0 Å². The fraction of sp³-hybridized carbons (Fsp3) is 0.0625. The summed E-state index contributed by atoms with van der Waals surface area (Å²) in [4.78, 5) is 3.28. The average molecular weight is 314 g/mol.